The first-order valence-electron chi connectivity index (χ1n) is 7.75. The number of likely N-dealkylation sites (N-methyl/N-ethyl adjacent to an activating group) is 1. The van der Waals surface area contributed by atoms with E-state index in [1.165, 1.54) is 34.1 Å². The van der Waals surface area contributed by atoms with Crippen LogP contribution in [-0.2, 0) is 9.59 Å². The van der Waals surface area contributed by atoms with Crippen molar-refractivity contribution in [3.05, 3.63) is 29.8 Å². The largest absolute Gasteiger partial charge is 0.435 e. The van der Waals surface area contributed by atoms with Crippen molar-refractivity contribution in [2.24, 2.45) is 0 Å². The Balaban J connectivity index is 1.62. The summed E-state index contributed by atoms with van der Waals surface area (Å²) in [5.41, 5.74) is 0.279. The minimum atomic E-state index is -2.93. The van der Waals surface area contributed by atoms with E-state index < -0.39 is 18.6 Å². The quantitative estimate of drug-likeness (QED) is 0.853. The zero-order chi connectivity index (χ0) is 18.1. The Morgan fingerprint density at radius 3 is 2.60 bits per heavy atom. The fourth-order valence-electron chi connectivity index (χ4n) is 3.13. The highest BCUT2D eigenvalue weighted by molar-refractivity contribution is 5.97. The van der Waals surface area contributed by atoms with E-state index in [1.54, 1.807) is 7.05 Å². The first-order chi connectivity index (χ1) is 11.8. The SMILES string of the molecule is CN1CC(=O)N2CC(NC(=O)c3ccc(OC(F)F)cc3)CC2C1=O. The van der Waals surface area contributed by atoms with E-state index >= 15 is 0 Å². The van der Waals surface area contributed by atoms with Crippen LogP contribution in [0.2, 0.25) is 0 Å². The van der Waals surface area contributed by atoms with Gasteiger partial charge < -0.3 is 19.9 Å². The highest BCUT2D eigenvalue weighted by Crippen LogP contribution is 2.24. The van der Waals surface area contributed by atoms with Gasteiger partial charge in [0.1, 0.15) is 11.8 Å². The van der Waals surface area contributed by atoms with Crippen molar-refractivity contribution in [2.45, 2.75) is 25.1 Å². The maximum atomic E-state index is 12.3. The summed E-state index contributed by atoms with van der Waals surface area (Å²) in [6.07, 6.45) is 0.354. The summed E-state index contributed by atoms with van der Waals surface area (Å²) in [5, 5.41) is 2.78. The van der Waals surface area contributed by atoms with Gasteiger partial charge in [-0.25, -0.2) is 0 Å². The van der Waals surface area contributed by atoms with E-state index in [1.807, 2.05) is 0 Å². The second-order valence-electron chi connectivity index (χ2n) is 6.07. The number of nitrogens with zero attached hydrogens (tertiary/aromatic N) is 2. The number of ether oxygens (including phenoxy) is 1. The van der Waals surface area contributed by atoms with Gasteiger partial charge in [0.15, 0.2) is 0 Å². The van der Waals surface area contributed by atoms with Crippen LogP contribution in [0.3, 0.4) is 0 Å². The lowest BCUT2D eigenvalue weighted by Crippen LogP contribution is -2.55. The number of hydrogen-bond acceptors (Lipinski definition) is 4. The molecule has 0 radical (unpaired) electrons. The van der Waals surface area contributed by atoms with Crippen molar-refractivity contribution in [1.29, 1.82) is 0 Å². The van der Waals surface area contributed by atoms with Crippen molar-refractivity contribution in [3.8, 4) is 5.75 Å². The highest BCUT2D eigenvalue weighted by Gasteiger charge is 2.44. The number of rotatable bonds is 4. The Bertz CT molecular complexity index is 695. The fourth-order valence-corrected chi connectivity index (χ4v) is 3.13. The third-order valence-corrected chi connectivity index (χ3v) is 4.33. The van der Waals surface area contributed by atoms with Gasteiger partial charge >= 0.3 is 6.61 Å². The molecule has 25 heavy (non-hydrogen) atoms. The standard InChI is InChI=1S/C16H17F2N3O4/c1-20-8-13(22)21-7-10(6-12(21)15(20)24)19-14(23)9-2-4-11(5-3-9)25-16(17)18/h2-5,10,12,16H,6-8H2,1H3,(H,19,23). The second kappa shape index (κ2) is 6.66. The molecular weight excluding hydrogens is 336 g/mol. The molecule has 9 heteroatoms. The van der Waals surface area contributed by atoms with Gasteiger partial charge in [0.2, 0.25) is 11.8 Å². The number of alkyl halides is 2. The van der Waals surface area contributed by atoms with E-state index in [0.29, 0.717) is 6.42 Å². The Morgan fingerprint density at radius 2 is 1.96 bits per heavy atom. The minimum Gasteiger partial charge on any atom is -0.435 e. The van der Waals surface area contributed by atoms with Gasteiger partial charge in [-0.3, -0.25) is 14.4 Å². The molecule has 2 aliphatic heterocycles. The van der Waals surface area contributed by atoms with Gasteiger partial charge in [-0.1, -0.05) is 0 Å². The van der Waals surface area contributed by atoms with Crippen LogP contribution in [0.4, 0.5) is 8.78 Å². The summed E-state index contributed by atoms with van der Waals surface area (Å²) >= 11 is 0. The monoisotopic (exact) mass is 353 g/mol. The number of benzene rings is 1. The Kier molecular flexibility index (Phi) is 4.56. The molecule has 0 spiro atoms. The molecule has 1 aromatic carbocycles. The zero-order valence-electron chi connectivity index (χ0n) is 13.4. The van der Waals surface area contributed by atoms with E-state index in [0.717, 1.165) is 0 Å². The third kappa shape index (κ3) is 3.54. The van der Waals surface area contributed by atoms with Crippen molar-refractivity contribution < 1.29 is 27.9 Å². The predicted molar refractivity (Wildman–Crippen MR) is 82.1 cm³/mol. The molecule has 7 nitrogen and oxygen atoms in total. The summed E-state index contributed by atoms with van der Waals surface area (Å²) in [7, 11) is 1.58. The summed E-state index contributed by atoms with van der Waals surface area (Å²) in [4.78, 5) is 39.3. The number of fused-ring (bicyclic) bond motifs is 1. The number of piperazine rings is 1. The van der Waals surface area contributed by atoms with Crippen LogP contribution < -0.4 is 10.1 Å². The number of amides is 3. The molecule has 1 N–H and O–H groups in total. The molecule has 3 amide bonds. The van der Waals surface area contributed by atoms with Gasteiger partial charge in [0.05, 0.1) is 6.54 Å². The molecule has 2 saturated heterocycles. The summed E-state index contributed by atoms with van der Waals surface area (Å²) in [6, 6.07) is 4.42. The summed E-state index contributed by atoms with van der Waals surface area (Å²) in [6.45, 7) is -2.60. The van der Waals surface area contributed by atoms with Crippen molar-refractivity contribution in [3.63, 3.8) is 0 Å². The zero-order valence-corrected chi connectivity index (χ0v) is 13.4. The van der Waals surface area contributed by atoms with Gasteiger partial charge in [0.25, 0.3) is 5.91 Å². The van der Waals surface area contributed by atoms with Crippen LogP contribution in [0.25, 0.3) is 0 Å². The predicted octanol–water partition coefficient (Wildman–Crippen LogP) is 0.459. The molecule has 2 unspecified atom stereocenters. The molecule has 0 bridgehead atoms. The average Bonchev–Trinajstić information content (AvgIpc) is 2.97. The maximum Gasteiger partial charge on any atom is 0.387 e. The first-order valence-corrected chi connectivity index (χ1v) is 7.75. The second-order valence-corrected chi connectivity index (χ2v) is 6.07. The minimum absolute atomic E-state index is 0.0382. The van der Waals surface area contributed by atoms with E-state index in [2.05, 4.69) is 10.1 Å². The first kappa shape index (κ1) is 17.1. The van der Waals surface area contributed by atoms with Crippen molar-refractivity contribution in [2.75, 3.05) is 20.1 Å². The maximum absolute atomic E-state index is 12.3. The summed E-state index contributed by atoms with van der Waals surface area (Å²) in [5.74, 6) is -0.715. The molecule has 2 atom stereocenters. The van der Waals surface area contributed by atoms with Crippen LogP contribution >= 0.6 is 0 Å². The number of nitrogens with one attached hydrogen (secondary N) is 1. The van der Waals surface area contributed by atoms with Gasteiger partial charge in [-0.2, -0.15) is 8.78 Å². The van der Waals surface area contributed by atoms with Crippen LogP contribution in [-0.4, -0.2) is 66.4 Å². The molecule has 1 aromatic rings. The number of carbonyl (C=O) groups is 3. The van der Waals surface area contributed by atoms with E-state index in [4.69, 9.17) is 0 Å². The molecular formula is C16H17F2N3O4. The third-order valence-electron chi connectivity index (χ3n) is 4.33. The highest BCUT2D eigenvalue weighted by atomic mass is 19.3. The number of halogens is 2. The number of hydrogen-bond donors (Lipinski definition) is 1. The molecule has 2 fully saturated rings. The molecule has 2 aliphatic rings. The molecule has 2 heterocycles. The smallest absolute Gasteiger partial charge is 0.387 e. The van der Waals surface area contributed by atoms with Crippen LogP contribution in [0.15, 0.2) is 24.3 Å². The van der Waals surface area contributed by atoms with E-state index in [-0.39, 0.29) is 42.3 Å². The van der Waals surface area contributed by atoms with Gasteiger partial charge in [0, 0.05) is 25.2 Å². The van der Waals surface area contributed by atoms with Crippen LogP contribution in [0.5, 0.6) is 5.75 Å². The van der Waals surface area contributed by atoms with E-state index in [9.17, 15) is 23.2 Å². The van der Waals surface area contributed by atoms with Crippen LogP contribution in [0.1, 0.15) is 16.8 Å². The van der Waals surface area contributed by atoms with Gasteiger partial charge in [-0.15, -0.1) is 0 Å². The lowest BCUT2D eigenvalue weighted by atomic mass is 10.1. The Morgan fingerprint density at radius 1 is 1.28 bits per heavy atom. The van der Waals surface area contributed by atoms with Crippen molar-refractivity contribution >= 4 is 17.7 Å². The molecule has 0 aromatic heterocycles. The van der Waals surface area contributed by atoms with Crippen molar-refractivity contribution in [1.82, 2.24) is 15.1 Å². The normalized spacial score (nSPS) is 23.0. The molecule has 134 valence electrons. The summed E-state index contributed by atoms with van der Waals surface area (Å²) < 4.78 is 28.5. The number of carbonyl (C=O) groups excluding carboxylic acids is 3. The Hall–Kier alpha value is -2.71. The lowest BCUT2D eigenvalue weighted by Gasteiger charge is -2.33. The molecule has 3 rings (SSSR count). The topological polar surface area (TPSA) is 79.0 Å². The average molecular weight is 353 g/mol. The van der Waals surface area contributed by atoms with Crippen LogP contribution in [0, 0.1) is 0 Å². The molecule has 0 saturated carbocycles. The molecule has 0 aliphatic carbocycles. The lowest BCUT2D eigenvalue weighted by molar-refractivity contribution is -0.152. The Labute approximate surface area is 142 Å². The fraction of sp³-hybridized carbons (Fsp3) is 0.438. The van der Waals surface area contributed by atoms with Gasteiger partial charge in [-0.05, 0) is 30.7 Å².